The Morgan fingerprint density at radius 1 is 0.561 bits per heavy atom. The van der Waals surface area contributed by atoms with E-state index in [9.17, 15) is 5.11 Å². The van der Waals surface area contributed by atoms with E-state index in [4.69, 9.17) is 14.1 Å². The summed E-state index contributed by atoms with van der Waals surface area (Å²) in [6.45, 7) is 3.57. The molecule has 0 aliphatic heterocycles. The van der Waals surface area contributed by atoms with Crippen molar-refractivity contribution >= 4 is 11.0 Å². The fourth-order valence-electron chi connectivity index (χ4n) is 7.58. The van der Waals surface area contributed by atoms with Gasteiger partial charge in [-0.1, -0.05) is 138 Å². The van der Waals surface area contributed by atoms with Gasteiger partial charge in [0.1, 0.15) is 11.6 Å². The van der Waals surface area contributed by atoms with Gasteiger partial charge in [0.2, 0.25) is 0 Å². The summed E-state index contributed by atoms with van der Waals surface area (Å²) < 4.78 is 27.4. The van der Waals surface area contributed by atoms with Crippen molar-refractivity contribution in [3.05, 3.63) is 192 Å². The Bertz CT molecular complexity index is 3010. The number of phenolic OH excluding ortho intramolecular Hbond substituents is 1. The number of nitrogens with zero attached hydrogens (tertiary/aromatic N) is 3. The number of hydrogen-bond donors (Lipinski definition) is 1. The maximum atomic E-state index is 11.7. The topological polar surface area (TPSA) is 50.9 Å². The molecule has 2 heterocycles. The number of para-hydroxylation sites is 1. The summed E-state index contributed by atoms with van der Waals surface area (Å²) in [5.74, 6) is 0.605. The largest absolute Gasteiger partial charge is 0.507 e. The van der Waals surface area contributed by atoms with Gasteiger partial charge in [-0.15, -0.1) is 23.8 Å². The van der Waals surface area contributed by atoms with E-state index in [-0.39, 0.29) is 32.4 Å². The van der Waals surface area contributed by atoms with Gasteiger partial charge in [-0.3, -0.25) is 9.55 Å². The van der Waals surface area contributed by atoms with Crippen LogP contribution < -0.4 is 0 Å². The molecule has 9 aromatic rings. The summed E-state index contributed by atoms with van der Waals surface area (Å²) in [7, 11) is 0. The van der Waals surface area contributed by atoms with Gasteiger partial charge in [-0.05, 0) is 102 Å². The molecule has 0 aliphatic carbocycles. The molecule has 5 heteroatoms. The Morgan fingerprint density at radius 2 is 1.25 bits per heavy atom. The minimum atomic E-state index is -2.38. The maximum Gasteiger partial charge on any atom is 0.148 e. The third kappa shape index (κ3) is 7.37. The number of phenols is 1. The van der Waals surface area contributed by atoms with Gasteiger partial charge in [-0.25, -0.2) is 4.98 Å². The zero-order valence-corrected chi connectivity index (χ0v) is 34.0. The molecule has 280 valence electrons. The molecule has 0 saturated carbocycles. The molecule has 9 rings (SSSR count). The third-order valence-electron chi connectivity index (χ3n) is 10.3. The van der Waals surface area contributed by atoms with Crippen molar-refractivity contribution in [1.82, 2.24) is 14.5 Å². The Labute approximate surface area is 352 Å². The van der Waals surface area contributed by atoms with Crippen LogP contribution in [0.15, 0.2) is 164 Å². The van der Waals surface area contributed by atoms with Crippen molar-refractivity contribution in [1.29, 1.82) is 0 Å². The molecular formula is C52H40N3OPt-. The SMILES string of the molecule is [2H]C([2H])([2H])c1cc(-c2ccccc2)cc(-n2c(-c3cc(C)cc(C)c3O)nc3c(-c4[c-]c(-c5cc(-c6ccc(C)cc6)ccn5)cc(-c5ccccc5)c4)cccc32)c1.[Pt]. The van der Waals surface area contributed by atoms with Gasteiger partial charge in [-0.2, -0.15) is 0 Å². The van der Waals surface area contributed by atoms with Gasteiger partial charge in [0.15, 0.2) is 0 Å². The summed E-state index contributed by atoms with van der Waals surface area (Å²) in [5.41, 5.74) is 14.8. The van der Waals surface area contributed by atoms with E-state index >= 15 is 0 Å². The number of aryl methyl sites for hydroxylation is 4. The average Bonchev–Trinajstić information content (AvgIpc) is 3.65. The van der Waals surface area contributed by atoms with Crippen LogP contribution in [0.2, 0.25) is 0 Å². The van der Waals surface area contributed by atoms with E-state index in [0.29, 0.717) is 28.2 Å². The first-order chi connectivity index (χ1) is 28.5. The van der Waals surface area contributed by atoms with Gasteiger partial charge in [0, 0.05) is 42.8 Å². The molecule has 2 aromatic heterocycles. The second-order valence-corrected chi connectivity index (χ2v) is 14.4. The van der Waals surface area contributed by atoms with E-state index < -0.39 is 6.85 Å². The predicted octanol–water partition coefficient (Wildman–Crippen LogP) is 13.2. The van der Waals surface area contributed by atoms with Crippen molar-refractivity contribution in [2.45, 2.75) is 27.6 Å². The van der Waals surface area contributed by atoms with Gasteiger partial charge in [0.05, 0.1) is 16.6 Å². The summed E-state index contributed by atoms with van der Waals surface area (Å²) in [6, 6.07) is 56.0. The van der Waals surface area contributed by atoms with E-state index in [0.717, 1.165) is 66.8 Å². The maximum absolute atomic E-state index is 11.7. The van der Waals surface area contributed by atoms with Crippen molar-refractivity contribution in [2.24, 2.45) is 0 Å². The summed E-state index contributed by atoms with van der Waals surface area (Å²) >= 11 is 0. The number of aromatic nitrogens is 3. The van der Waals surface area contributed by atoms with Crippen LogP contribution in [0.25, 0.3) is 83.9 Å². The average molecular weight is 921 g/mol. The van der Waals surface area contributed by atoms with E-state index in [1.54, 1.807) is 12.1 Å². The fourth-order valence-corrected chi connectivity index (χ4v) is 7.58. The number of aromatic hydroxyl groups is 1. The Hall–Kier alpha value is -6.35. The molecule has 0 spiro atoms. The molecule has 0 saturated heterocycles. The number of imidazole rings is 1. The molecule has 0 atom stereocenters. The van der Waals surface area contributed by atoms with E-state index in [1.807, 2.05) is 116 Å². The van der Waals surface area contributed by atoms with Crippen LogP contribution in [0.1, 0.15) is 26.4 Å². The summed E-state index contributed by atoms with van der Waals surface area (Å²) in [6.07, 6.45) is 1.84. The number of rotatable bonds is 7. The molecule has 0 bridgehead atoms. The predicted molar refractivity (Wildman–Crippen MR) is 231 cm³/mol. The van der Waals surface area contributed by atoms with Crippen molar-refractivity contribution in [3.63, 3.8) is 0 Å². The molecule has 0 radical (unpaired) electrons. The van der Waals surface area contributed by atoms with Crippen LogP contribution in [0, 0.1) is 33.7 Å². The van der Waals surface area contributed by atoms with Crippen molar-refractivity contribution in [3.8, 4) is 78.6 Å². The quantitative estimate of drug-likeness (QED) is 0.162. The van der Waals surface area contributed by atoms with Crippen LogP contribution in [-0.4, -0.2) is 19.6 Å². The number of hydrogen-bond acceptors (Lipinski definition) is 3. The van der Waals surface area contributed by atoms with Crippen molar-refractivity contribution < 1.29 is 30.3 Å². The molecule has 0 unspecified atom stereocenters. The second-order valence-electron chi connectivity index (χ2n) is 14.4. The van der Waals surface area contributed by atoms with Gasteiger partial charge in [0.25, 0.3) is 0 Å². The molecule has 0 fully saturated rings. The van der Waals surface area contributed by atoms with E-state index in [1.165, 1.54) is 5.56 Å². The number of pyridine rings is 1. The molecule has 1 N–H and O–H groups in total. The van der Waals surface area contributed by atoms with Gasteiger partial charge >= 0.3 is 0 Å². The zero-order chi connectivity index (χ0) is 40.8. The molecule has 57 heavy (non-hydrogen) atoms. The minimum absolute atomic E-state index is 0. The first kappa shape index (κ1) is 33.9. The molecule has 0 amide bonds. The van der Waals surface area contributed by atoms with Crippen LogP contribution in [0.3, 0.4) is 0 Å². The fraction of sp³-hybridized carbons (Fsp3) is 0.0769. The number of benzene rings is 7. The first-order valence-electron chi connectivity index (χ1n) is 20.2. The minimum Gasteiger partial charge on any atom is -0.507 e. The Balaban J connectivity index is 0.00000499. The van der Waals surface area contributed by atoms with Crippen LogP contribution in [0.4, 0.5) is 0 Å². The van der Waals surface area contributed by atoms with Crippen LogP contribution in [-0.2, 0) is 21.1 Å². The van der Waals surface area contributed by atoms with E-state index in [2.05, 4.69) is 67.6 Å². The summed E-state index contributed by atoms with van der Waals surface area (Å²) in [4.78, 5) is 10.2. The normalized spacial score (nSPS) is 12.1. The Morgan fingerprint density at radius 3 is 1.96 bits per heavy atom. The monoisotopic (exact) mass is 920 g/mol. The smallest absolute Gasteiger partial charge is 0.148 e. The molecule has 0 aliphatic rings. The number of fused-ring (bicyclic) bond motifs is 1. The summed E-state index contributed by atoms with van der Waals surface area (Å²) in [5, 5.41) is 11.7. The third-order valence-corrected chi connectivity index (χ3v) is 10.3. The van der Waals surface area contributed by atoms with Crippen LogP contribution >= 0.6 is 0 Å². The standard InChI is InChI=1S/C52H40N3O.Pt/c1-33-18-20-39(21-19-33)40-22-23-53-48(32-40)44-29-42(38-14-9-6-10-15-38)28-43(30-44)46-16-11-17-49-50(46)54-52(47-27-34(2)24-36(4)51(47)56)55(49)45-26-35(3)25-41(31-45)37-12-7-5-8-13-37;/h5-29,31-32,56H,1-4H3;/q-1;/i3D3;. The first-order valence-corrected chi connectivity index (χ1v) is 18.7. The zero-order valence-electron chi connectivity index (χ0n) is 34.7. The molecule has 7 aromatic carbocycles. The molecule has 4 nitrogen and oxygen atoms in total. The second kappa shape index (κ2) is 15.7. The van der Waals surface area contributed by atoms with Crippen molar-refractivity contribution in [2.75, 3.05) is 0 Å². The van der Waals surface area contributed by atoms with Crippen LogP contribution in [0.5, 0.6) is 5.75 Å². The molecular weight excluding hydrogens is 878 g/mol. The van der Waals surface area contributed by atoms with Gasteiger partial charge < -0.3 is 5.11 Å². The Kier molecular flexibility index (Phi) is 9.32.